The number of esters is 1. The van der Waals surface area contributed by atoms with Gasteiger partial charge in [0.1, 0.15) is 6.61 Å². The molecule has 4 fully saturated rings. The van der Waals surface area contributed by atoms with Crippen LogP contribution in [0.4, 0.5) is 0 Å². The van der Waals surface area contributed by atoms with Crippen LogP contribution in [0.15, 0.2) is 42.0 Å². The predicted molar refractivity (Wildman–Crippen MR) is 199 cm³/mol. The topological polar surface area (TPSA) is 98.5 Å². The van der Waals surface area contributed by atoms with E-state index < -0.39 is 11.5 Å². The number of amides is 1. The van der Waals surface area contributed by atoms with Gasteiger partial charge >= 0.3 is 5.97 Å². The lowest BCUT2D eigenvalue weighted by atomic mass is 9.33. The summed E-state index contributed by atoms with van der Waals surface area (Å²) in [4.78, 5) is 41.8. The van der Waals surface area contributed by atoms with Gasteiger partial charge in [-0.15, -0.1) is 0 Å². The average Bonchev–Trinajstić information content (AvgIpc) is 3.05. The first-order chi connectivity index (χ1) is 22.9. The van der Waals surface area contributed by atoms with E-state index in [9.17, 15) is 14.4 Å². The third-order valence-corrected chi connectivity index (χ3v) is 16.2. The Morgan fingerprint density at radius 1 is 0.959 bits per heavy atom. The Hall–Kier alpha value is -2.12. The highest BCUT2D eigenvalue weighted by atomic mass is 32.2. The van der Waals surface area contributed by atoms with Crippen LogP contribution in [-0.2, 0) is 25.7 Å². The zero-order chi connectivity index (χ0) is 35.6. The summed E-state index contributed by atoms with van der Waals surface area (Å²) in [6.45, 7) is 16.7. The highest BCUT2D eigenvalue weighted by Crippen LogP contribution is 2.75. The highest BCUT2D eigenvalue weighted by molar-refractivity contribution is 7.98. The monoisotopic (exact) mass is 690 g/mol. The van der Waals surface area contributed by atoms with Gasteiger partial charge < -0.3 is 15.8 Å². The van der Waals surface area contributed by atoms with Crippen molar-refractivity contribution in [2.75, 3.05) is 12.0 Å². The fraction of sp³-hybridized carbons (Fsp3) is 0.738. The van der Waals surface area contributed by atoms with Crippen molar-refractivity contribution in [1.29, 1.82) is 0 Å². The van der Waals surface area contributed by atoms with Gasteiger partial charge in [0.15, 0.2) is 5.78 Å². The standard InChI is InChI=1S/C42H62N2O4S/c1-37(2)32-14-18-42(7)34(40(32,5)17-15-33(37)44-35(46)30(43)16-23-49-8)31(45)24-28-29-25-39(4,20-19-38(29,3)21-22-41(28,42)6)36(47)48-26-27-12-10-9-11-13-27/h9-13,24,29-30,32-34H,14-23,25-26,43H2,1-8H3,(H,44,46)/t29-,30-,32-,33-,34+,38+,39-,40-,41+,42+/m0/s1. The van der Waals surface area contributed by atoms with Gasteiger partial charge in [0.2, 0.25) is 5.91 Å². The van der Waals surface area contributed by atoms with Crippen molar-refractivity contribution < 1.29 is 19.1 Å². The van der Waals surface area contributed by atoms with Gasteiger partial charge in [0, 0.05) is 12.0 Å². The van der Waals surface area contributed by atoms with Gasteiger partial charge in [-0.3, -0.25) is 14.4 Å². The summed E-state index contributed by atoms with van der Waals surface area (Å²) in [6, 6.07) is 9.48. The second-order valence-corrected chi connectivity index (χ2v) is 19.6. The minimum absolute atomic E-state index is 0.0418. The van der Waals surface area contributed by atoms with Crippen molar-refractivity contribution in [3.63, 3.8) is 0 Å². The number of hydrogen-bond donors (Lipinski definition) is 2. The van der Waals surface area contributed by atoms with Crippen LogP contribution in [0.1, 0.15) is 118 Å². The maximum absolute atomic E-state index is 14.8. The fourth-order valence-corrected chi connectivity index (χ4v) is 12.7. The third kappa shape index (κ3) is 5.85. The van der Waals surface area contributed by atoms with Crippen LogP contribution in [0.25, 0.3) is 0 Å². The maximum atomic E-state index is 14.8. The molecule has 270 valence electrons. The fourth-order valence-electron chi connectivity index (χ4n) is 12.2. The number of thioether (sulfide) groups is 1. The minimum atomic E-state index is -0.576. The van der Waals surface area contributed by atoms with E-state index in [0.29, 0.717) is 24.7 Å². The molecule has 0 saturated heterocycles. The highest BCUT2D eigenvalue weighted by Gasteiger charge is 2.70. The normalized spacial score (nSPS) is 41.6. The van der Waals surface area contributed by atoms with Crippen molar-refractivity contribution in [2.45, 2.75) is 131 Å². The molecule has 3 N–H and O–H groups in total. The molecule has 0 aromatic heterocycles. The average molecular weight is 691 g/mol. The molecule has 7 heteroatoms. The summed E-state index contributed by atoms with van der Waals surface area (Å²) in [5, 5.41) is 3.38. The van der Waals surface area contributed by atoms with Gasteiger partial charge in [0.25, 0.3) is 0 Å². The molecule has 0 unspecified atom stereocenters. The van der Waals surface area contributed by atoms with Crippen molar-refractivity contribution in [1.82, 2.24) is 5.32 Å². The molecule has 4 saturated carbocycles. The zero-order valence-corrected chi connectivity index (χ0v) is 32.3. The molecule has 1 amide bonds. The van der Waals surface area contributed by atoms with Crippen LogP contribution in [-0.4, -0.2) is 41.8 Å². The number of ether oxygens (including phenoxy) is 1. The number of allylic oxidation sites excluding steroid dienone is 2. The van der Waals surface area contributed by atoms with E-state index in [-0.39, 0.29) is 56.8 Å². The zero-order valence-electron chi connectivity index (χ0n) is 31.5. The Bertz CT molecular complexity index is 1490. The number of rotatable bonds is 8. The molecule has 0 spiro atoms. The van der Waals surface area contributed by atoms with E-state index in [1.165, 1.54) is 5.57 Å². The summed E-state index contributed by atoms with van der Waals surface area (Å²) in [7, 11) is 0. The summed E-state index contributed by atoms with van der Waals surface area (Å²) in [5.74, 6) is 1.44. The summed E-state index contributed by atoms with van der Waals surface area (Å²) >= 11 is 1.72. The molecule has 0 aliphatic heterocycles. The number of hydrogen-bond acceptors (Lipinski definition) is 6. The minimum Gasteiger partial charge on any atom is -0.460 e. The Balaban J connectivity index is 1.27. The molecule has 1 aromatic rings. The van der Waals surface area contributed by atoms with Gasteiger partial charge in [-0.25, -0.2) is 0 Å². The maximum Gasteiger partial charge on any atom is 0.312 e. The van der Waals surface area contributed by atoms with Crippen LogP contribution >= 0.6 is 11.8 Å². The molecule has 49 heavy (non-hydrogen) atoms. The first kappa shape index (κ1) is 36.7. The first-order valence-electron chi connectivity index (χ1n) is 19.0. The number of ketones is 1. The Labute approximate surface area is 299 Å². The Morgan fingerprint density at radius 3 is 2.35 bits per heavy atom. The van der Waals surface area contributed by atoms with Crippen LogP contribution in [0.3, 0.4) is 0 Å². The largest absolute Gasteiger partial charge is 0.460 e. The summed E-state index contributed by atoms with van der Waals surface area (Å²) in [6.07, 6.45) is 13.4. The molecule has 0 heterocycles. The van der Waals surface area contributed by atoms with Gasteiger partial charge in [-0.2, -0.15) is 11.8 Å². The van der Waals surface area contributed by atoms with Crippen molar-refractivity contribution in [3.8, 4) is 0 Å². The third-order valence-electron chi connectivity index (χ3n) is 15.6. The lowest BCUT2D eigenvalue weighted by Crippen LogP contribution is -2.68. The second kappa shape index (κ2) is 12.8. The first-order valence-corrected chi connectivity index (χ1v) is 20.4. The van der Waals surface area contributed by atoms with Gasteiger partial charge in [0.05, 0.1) is 11.5 Å². The molecule has 5 aliphatic carbocycles. The molecule has 5 aliphatic rings. The van der Waals surface area contributed by atoms with Crippen LogP contribution in [0.2, 0.25) is 0 Å². The van der Waals surface area contributed by atoms with E-state index in [4.69, 9.17) is 10.5 Å². The number of nitrogens with one attached hydrogen (secondary N) is 1. The molecule has 6 rings (SSSR count). The molecule has 10 atom stereocenters. The number of benzene rings is 1. The van der Waals surface area contributed by atoms with Crippen molar-refractivity contribution in [3.05, 3.63) is 47.5 Å². The summed E-state index contributed by atoms with van der Waals surface area (Å²) in [5.41, 5.74) is 7.49. The Morgan fingerprint density at radius 2 is 1.65 bits per heavy atom. The second-order valence-electron chi connectivity index (χ2n) is 18.6. The van der Waals surface area contributed by atoms with E-state index in [2.05, 4.69) is 59.9 Å². The number of carbonyl (C=O) groups is 3. The quantitative estimate of drug-likeness (QED) is 0.267. The van der Waals surface area contributed by atoms with Gasteiger partial charge in [-0.05, 0) is 134 Å². The number of fused-ring (bicyclic) bond motifs is 7. The smallest absolute Gasteiger partial charge is 0.312 e. The van der Waals surface area contributed by atoms with E-state index in [1.54, 1.807) is 11.8 Å². The van der Waals surface area contributed by atoms with Crippen molar-refractivity contribution >= 4 is 29.4 Å². The molecular formula is C42H62N2O4S. The molecule has 0 radical (unpaired) electrons. The van der Waals surface area contributed by atoms with Gasteiger partial charge in [-0.1, -0.05) is 77.4 Å². The molecule has 6 nitrogen and oxygen atoms in total. The van der Waals surface area contributed by atoms with E-state index in [1.807, 2.05) is 36.6 Å². The SMILES string of the molecule is CSCC[C@H](N)C(=O)N[C@H]1CC[C@]2(C)[C@H]3C(=O)C=C4[C@@H]5C[C@@](C)(C(=O)OCc6ccccc6)CC[C@]5(C)CC[C@@]4(C)[C@]3(C)CC[C@H]2C1(C)C. The Kier molecular flexibility index (Phi) is 9.60. The molecule has 0 bridgehead atoms. The predicted octanol–water partition coefficient (Wildman–Crippen LogP) is 8.28. The van der Waals surface area contributed by atoms with Crippen LogP contribution in [0.5, 0.6) is 0 Å². The lowest BCUT2D eigenvalue weighted by molar-refractivity contribution is -0.190. The number of carbonyl (C=O) groups excluding carboxylic acids is 3. The molecule has 1 aromatic carbocycles. The molecular weight excluding hydrogens is 629 g/mol. The summed E-state index contributed by atoms with van der Waals surface area (Å²) < 4.78 is 5.97. The number of nitrogens with two attached hydrogens (primary N) is 1. The lowest BCUT2D eigenvalue weighted by Gasteiger charge is -2.70. The van der Waals surface area contributed by atoms with Crippen LogP contribution < -0.4 is 11.1 Å². The van der Waals surface area contributed by atoms with E-state index in [0.717, 1.165) is 69.1 Å². The van der Waals surface area contributed by atoms with E-state index >= 15 is 0 Å². The van der Waals surface area contributed by atoms with Crippen molar-refractivity contribution in [2.24, 2.45) is 56.0 Å². The van der Waals surface area contributed by atoms with Crippen LogP contribution in [0, 0.1) is 50.2 Å².